The zero-order valence-corrected chi connectivity index (χ0v) is 13.3. The summed E-state index contributed by atoms with van der Waals surface area (Å²) in [7, 11) is 3.28. The molecule has 0 aromatic heterocycles. The third-order valence-corrected chi connectivity index (χ3v) is 3.19. The van der Waals surface area contributed by atoms with Crippen LogP contribution in [0.1, 0.15) is 12.0 Å². The molecule has 0 amide bonds. The average molecular weight is 302 g/mol. The highest BCUT2D eigenvalue weighted by Gasteiger charge is 2.05. The fourth-order valence-electron chi connectivity index (χ4n) is 2.06. The maximum atomic E-state index is 5.74. The van der Waals surface area contributed by atoms with Gasteiger partial charge < -0.3 is 18.9 Å². The Bertz CT molecular complexity index is 595. The van der Waals surface area contributed by atoms with Crippen LogP contribution in [0.15, 0.2) is 42.5 Å². The summed E-state index contributed by atoms with van der Waals surface area (Å²) in [5, 5.41) is 0. The van der Waals surface area contributed by atoms with E-state index in [-0.39, 0.29) is 0 Å². The van der Waals surface area contributed by atoms with Gasteiger partial charge in [0.2, 0.25) is 0 Å². The van der Waals surface area contributed by atoms with Crippen molar-refractivity contribution in [2.24, 2.45) is 0 Å². The van der Waals surface area contributed by atoms with E-state index in [0.717, 1.165) is 35.0 Å². The van der Waals surface area contributed by atoms with Crippen molar-refractivity contribution in [3.63, 3.8) is 0 Å². The van der Waals surface area contributed by atoms with Crippen molar-refractivity contribution in [1.29, 1.82) is 0 Å². The first kappa shape index (κ1) is 16.0. The summed E-state index contributed by atoms with van der Waals surface area (Å²) in [6.45, 7) is 3.15. The minimum Gasteiger partial charge on any atom is -0.493 e. The van der Waals surface area contributed by atoms with Crippen molar-refractivity contribution in [2.75, 3.05) is 27.4 Å². The van der Waals surface area contributed by atoms with Gasteiger partial charge in [-0.15, -0.1) is 0 Å². The van der Waals surface area contributed by atoms with Gasteiger partial charge in [0.15, 0.2) is 23.0 Å². The van der Waals surface area contributed by atoms with Crippen LogP contribution in [0, 0.1) is 6.92 Å². The predicted molar refractivity (Wildman–Crippen MR) is 86.3 cm³/mol. The van der Waals surface area contributed by atoms with Gasteiger partial charge in [-0.1, -0.05) is 18.2 Å². The molecule has 0 saturated carbocycles. The monoisotopic (exact) mass is 302 g/mol. The third kappa shape index (κ3) is 4.32. The molecule has 0 saturated heterocycles. The predicted octanol–water partition coefficient (Wildman–Crippen LogP) is 3.86. The fourth-order valence-corrected chi connectivity index (χ4v) is 2.06. The maximum absolute atomic E-state index is 5.74. The Morgan fingerprint density at radius 3 is 1.95 bits per heavy atom. The summed E-state index contributed by atoms with van der Waals surface area (Å²) in [5.74, 6) is 3.00. The molecule has 4 heteroatoms. The van der Waals surface area contributed by atoms with Gasteiger partial charge in [-0.3, -0.25) is 0 Å². The van der Waals surface area contributed by atoms with Gasteiger partial charge in [-0.05, 0) is 36.8 Å². The SMILES string of the molecule is COc1ccccc1OCCCOc1ccc(C)cc1OC. The topological polar surface area (TPSA) is 36.9 Å². The zero-order chi connectivity index (χ0) is 15.8. The van der Waals surface area contributed by atoms with E-state index in [1.54, 1.807) is 14.2 Å². The first-order valence-electron chi connectivity index (χ1n) is 7.28. The molecule has 0 spiro atoms. The lowest BCUT2D eigenvalue weighted by Gasteiger charge is -2.12. The molecule has 0 heterocycles. The van der Waals surface area contributed by atoms with Crippen LogP contribution in [-0.4, -0.2) is 27.4 Å². The van der Waals surface area contributed by atoms with Crippen molar-refractivity contribution in [1.82, 2.24) is 0 Å². The van der Waals surface area contributed by atoms with E-state index in [9.17, 15) is 0 Å². The number of ether oxygens (including phenoxy) is 4. The fraction of sp³-hybridized carbons (Fsp3) is 0.333. The Hall–Kier alpha value is -2.36. The number of benzene rings is 2. The smallest absolute Gasteiger partial charge is 0.161 e. The Balaban J connectivity index is 1.78. The first-order valence-corrected chi connectivity index (χ1v) is 7.28. The highest BCUT2D eigenvalue weighted by atomic mass is 16.5. The van der Waals surface area contributed by atoms with E-state index < -0.39 is 0 Å². The van der Waals surface area contributed by atoms with Crippen LogP contribution >= 0.6 is 0 Å². The lowest BCUT2D eigenvalue weighted by Crippen LogP contribution is -2.06. The van der Waals surface area contributed by atoms with Gasteiger partial charge in [0.05, 0.1) is 27.4 Å². The van der Waals surface area contributed by atoms with Crippen LogP contribution in [0.5, 0.6) is 23.0 Å². The summed E-state index contributed by atoms with van der Waals surface area (Å²) in [4.78, 5) is 0. The number of rotatable bonds is 8. The maximum Gasteiger partial charge on any atom is 0.161 e. The van der Waals surface area contributed by atoms with Gasteiger partial charge >= 0.3 is 0 Å². The number of aryl methyl sites for hydroxylation is 1. The van der Waals surface area contributed by atoms with E-state index >= 15 is 0 Å². The van der Waals surface area contributed by atoms with E-state index in [1.807, 2.05) is 49.4 Å². The Labute approximate surface area is 131 Å². The lowest BCUT2D eigenvalue weighted by molar-refractivity contribution is 0.234. The molecule has 0 fully saturated rings. The molecule has 0 radical (unpaired) electrons. The third-order valence-electron chi connectivity index (χ3n) is 3.19. The second kappa shape index (κ2) is 8.17. The molecule has 0 bridgehead atoms. The van der Waals surface area contributed by atoms with Gasteiger partial charge in [-0.25, -0.2) is 0 Å². The lowest BCUT2D eigenvalue weighted by atomic mass is 10.2. The second-order valence-electron chi connectivity index (χ2n) is 4.86. The number of para-hydroxylation sites is 2. The molecule has 118 valence electrons. The summed E-state index contributed by atoms with van der Waals surface area (Å²) < 4.78 is 22.0. The normalized spacial score (nSPS) is 10.1. The molecule has 0 N–H and O–H groups in total. The average Bonchev–Trinajstić information content (AvgIpc) is 2.56. The van der Waals surface area contributed by atoms with Crippen LogP contribution in [0.3, 0.4) is 0 Å². The molecule has 2 aromatic rings. The Kier molecular flexibility index (Phi) is 5.95. The molecule has 0 aliphatic heterocycles. The molecule has 0 aliphatic carbocycles. The highest BCUT2D eigenvalue weighted by Crippen LogP contribution is 2.28. The zero-order valence-electron chi connectivity index (χ0n) is 13.3. The van der Waals surface area contributed by atoms with E-state index in [2.05, 4.69) is 0 Å². The van der Waals surface area contributed by atoms with Crippen molar-refractivity contribution in [2.45, 2.75) is 13.3 Å². The van der Waals surface area contributed by atoms with Crippen molar-refractivity contribution in [3.05, 3.63) is 48.0 Å². The van der Waals surface area contributed by atoms with Gasteiger partial charge in [-0.2, -0.15) is 0 Å². The summed E-state index contributed by atoms with van der Waals surface area (Å²) in [6.07, 6.45) is 0.773. The molecule has 0 atom stereocenters. The van der Waals surface area contributed by atoms with Crippen LogP contribution in [0.4, 0.5) is 0 Å². The number of hydrogen-bond acceptors (Lipinski definition) is 4. The summed E-state index contributed by atoms with van der Waals surface area (Å²) in [6, 6.07) is 13.5. The van der Waals surface area contributed by atoms with Gasteiger partial charge in [0.25, 0.3) is 0 Å². The highest BCUT2D eigenvalue weighted by molar-refractivity contribution is 5.42. The van der Waals surface area contributed by atoms with Crippen molar-refractivity contribution >= 4 is 0 Å². The quantitative estimate of drug-likeness (QED) is 0.694. The largest absolute Gasteiger partial charge is 0.493 e. The molecular weight excluding hydrogens is 280 g/mol. The molecule has 22 heavy (non-hydrogen) atoms. The van der Waals surface area contributed by atoms with E-state index in [1.165, 1.54) is 0 Å². The van der Waals surface area contributed by atoms with Crippen molar-refractivity contribution < 1.29 is 18.9 Å². The second-order valence-corrected chi connectivity index (χ2v) is 4.86. The summed E-state index contributed by atoms with van der Waals surface area (Å²) >= 11 is 0. The van der Waals surface area contributed by atoms with Crippen LogP contribution in [-0.2, 0) is 0 Å². The molecule has 4 nitrogen and oxygen atoms in total. The number of hydrogen-bond donors (Lipinski definition) is 0. The van der Waals surface area contributed by atoms with Gasteiger partial charge in [0.1, 0.15) is 0 Å². The minimum atomic E-state index is 0.564. The van der Waals surface area contributed by atoms with E-state index in [4.69, 9.17) is 18.9 Å². The molecule has 2 aromatic carbocycles. The van der Waals surface area contributed by atoms with Crippen LogP contribution < -0.4 is 18.9 Å². The van der Waals surface area contributed by atoms with Gasteiger partial charge in [0, 0.05) is 6.42 Å². The van der Waals surface area contributed by atoms with Crippen molar-refractivity contribution in [3.8, 4) is 23.0 Å². The first-order chi connectivity index (χ1) is 10.7. The minimum absolute atomic E-state index is 0.564. The van der Waals surface area contributed by atoms with Crippen LogP contribution in [0.2, 0.25) is 0 Å². The molecule has 0 unspecified atom stereocenters. The van der Waals surface area contributed by atoms with Crippen LogP contribution in [0.25, 0.3) is 0 Å². The Morgan fingerprint density at radius 2 is 1.32 bits per heavy atom. The standard InChI is InChI=1S/C18H22O4/c1-14-9-10-17(18(13-14)20-3)22-12-6-11-21-16-8-5-4-7-15(16)19-2/h4-5,7-10,13H,6,11-12H2,1-3H3. The summed E-state index contributed by atoms with van der Waals surface area (Å²) in [5.41, 5.74) is 1.14. The molecular formula is C18H22O4. The molecule has 2 rings (SSSR count). The Morgan fingerprint density at radius 1 is 0.727 bits per heavy atom. The van der Waals surface area contributed by atoms with E-state index in [0.29, 0.717) is 13.2 Å². The molecule has 0 aliphatic rings. The number of methoxy groups -OCH3 is 2.